The summed E-state index contributed by atoms with van der Waals surface area (Å²) < 4.78 is 12.5. The molecular weight excluding hydrogens is 350 g/mol. The van der Waals surface area contributed by atoms with Crippen molar-refractivity contribution in [3.8, 4) is 11.5 Å². The minimum Gasteiger partial charge on any atom is -0.454 e. The lowest BCUT2D eigenvalue weighted by atomic mass is 10.1. The lowest BCUT2D eigenvalue weighted by molar-refractivity contribution is 0.102. The number of Topliss-reactive ketones (excluding diaryl/α,β-unsaturated/α-hetero) is 1. The van der Waals surface area contributed by atoms with Gasteiger partial charge in [0, 0.05) is 19.0 Å². The number of ether oxygens (including phenoxy) is 2. The Morgan fingerprint density at radius 1 is 1.12 bits per heavy atom. The fourth-order valence-electron chi connectivity index (χ4n) is 2.69. The summed E-state index contributed by atoms with van der Waals surface area (Å²) in [5.74, 6) is 2.46. The average molecular weight is 367 g/mol. The van der Waals surface area contributed by atoms with Crippen molar-refractivity contribution in [1.82, 2.24) is 14.8 Å². The van der Waals surface area contributed by atoms with Crippen molar-refractivity contribution in [3.05, 3.63) is 65.5 Å². The largest absolute Gasteiger partial charge is 0.454 e. The molecule has 0 unspecified atom stereocenters. The third kappa shape index (κ3) is 3.43. The number of fused-ring (bicyclic) bond motifs is 1. The summed E-state index contributed by atoms with van der Waals surface area (Å²) >= 11 is 1.38. The maximum absolute atomic E-state index is 12.5. The highest BCUT2D eigenvalue weighted by atomic mass is 32.2. The molecule has 1 aliphatic heterocycles. The number of carbonyl (C=O) groups excluding carboxylic acids is 1. The number of benzene rings is 2. The Morgan fingerprint density at radius 3 is 2.77 bits per heavy atom. The quantitative estimate of drug-likeness (QED) is 0.493. The van der Waals surface area contributed by atoms with E-state index < -0.39 is 0 Å². The number of hydrogen-bond acceptors (Lipinski definition) is 6. The molecular formula is C19H17N3O3S. The molecule has 2 heterocycles. The van der Waals surface area contributed by atoms with Gasteiger partial charge >= 0.3 is 0 Å². The standard InChI is InChI=1S/C19H17N3O3S/c1-22-18(9-13-5-3-2-4-6-13)20-21-19(22)26-11-15(23)14-7-8-16-17(10-14)25-12-24-16/h2-8,10H,9,11-12H2,1H3. The van der Waals surface area contributed by atoms with Crippen molar-refractivity contribution < 1.29 is 14.3 Å². The van der Waals surface area contributed by atoms with Crippen LogP contribution in [0, 0.1) is 0 Å². The van der Waals surface area contributed by atoms with E-state index >= 15 is 0 Å². The number of hydrogen-bond donors (Lipinski definition) is 0. The summed E-state index contributed by atoms with van der Waals surface area (Å²) in [5.41, 5.74) is 1.78. The van der Waals surface area contributed by atoms with Crippen molar-refractivity contribution in [2.75, 3.05) is 12.5 Å². The maximum atomic E-state index is 12.5. The van der Waals surface area contributed by atoms with Crippen LogP contribution in [0.25, 0.3) is 0 Å². The highest BCUT2D eigenvalue weighted by molar-refractivity contribution is 7.99. The second-order valence-electron chi connectivity index (χ2n) is 5.90. The van der Waals surface area contributed by atoms with E-state index in [4.69, 9.17) is 9.47 Å². The van der Waals surface area contributed by atoms with Crippen molar-refractivity contribution in [1.29, 1.82) is 0 Å². The smallest absolute Gasteiger partial charge is 0.231 e. The number of nitrogens with zero attached hydrogens (tertiary/aromatic N) is 3. The minimum atomic E-state index is 0.0147. The van der Waals surface area contributed by atoms with E-state index in [0.29, 0.717) is 23.5 Å². The van der Waals surface area contributed by atoms with Gasteiger partial charge in [-0.2, -0.15) is 0 Å². The summed E-state index contributed by atoms with van der Waals surface area (Å²) in [4.78, 5) is 12.5. The zero-order valence-corrected chi connectivity index (χ0v) is 15.0. The molecule has 0 bridgehead atoms. The molecule has 1 aromatic heterocycles. The number of ketones is 1. The van der Waals surface area contributed by atoms with Crippen LogP contribution >= 0.6 is 11.8 Å². The van der Waals surface area contributed by atoms with E-state index in [-0.39, 0.29) is 18.3 Å². The SMILES string of the molecule is Cn1c(Cc2ccccc2)nnc1SCC(=O)c1ccc2c(c1)OCO2. The van der Waals surface area contributed by atoms with Gasteiger partial charge in [-0.25, -0.2) is 0 Å². The molecule has 4 rings (SSSR count). The second kappa shape index (κ2) is 7.21. The molecule has 0 atom stereocenters. The van der Waals surface area contributed by atoms with Crippen LogP contribution in [-0.2, 0) is 13.5 Å². The Kier molecular flexibility index (Phi) is 4.62. The molecule has 0 N–H and O–H groups in total. The topological polar surface area (TPSA) is 66.2 Å². The van der Waals surface area contributed by atoms with Gasteiger partial charge in [-0.3, -0.25) is 4.79 Å². The van der Waals surface area contributed by atoms with Crippen molar-refractivity contribution in [2.24, 2.45) is 7.05 Å². The van der Waals surface area contributed by atoms with Gasteiger partial charge in [-0.1, -0.05) is 42.1 Å². The van der Waals surface area contributed by atoms with Crippen LogP contribution in [-0.4, -0.2) is 33.1 Å². The lowest BCUT2D eigenvalue weighted by Gasteiger charge is -2.05. The summed E-state index contributed by atoms with van der Waals surface area (Å²) in [7, 11) is 1.92. The Labute approximate surface area is 155 Å². The Morgan fingerprint density at radius 2 is 1.92 bits per heavy atom. The van der Waals surface area contributed by atoms with Crippen LogP contribution < -0.4 is 9.47 Å². The normalized spacial score (nSPS) is 12.3. The van der Waals surface area contributed by atoms with Gasteiger partial charge in [0.15, 0.2) is 22.4 Å². The molecule has 0 fully saturated rings. The first kappa shape index (κ1) is 16.7. The lowest BCUT2D eigenvalue weighted by Crippen LogP contribution is -2.05. The molecule has 0 amide bonds. The van der Waals surface area contributed by atoms with Crippen LogP contribution in [0.3, 0.4) is 0 Å². The number of thioether (sulfide) groups is 1. The molecule has 0 saturated heterocycles. The minimum absolute atomic E-state index is 0.0147. The zero-order valence-electron chi connectivity index (χ0n) is 14.2. The third-order valence-corrected chi connectivity index (χ3v) is 5.18. The van der Waals surface area contributed by atoms with Gasteiger partial charge in [0.1, 0.15) is 5.82 Å². The van der Waals surface area contributed by atoms with Gasteiger partial charge in [-0.05, 0) is 23.8 Å². The van der Waals surface area contributed by atoms with E-state index in [1.54, 1.807) is 18.2 Å². The molecule has 7 heteroatoms. The first-order valence-electron chi connectivity index (χ1n) is 8.18. The summed E-state index contributed by atoms with van der Waals surface area (Å²) in [6, 6.07) is 15.4. The van der Waals surface area contributed by atoms with Gasteiger partial charge in [-0.15, -0.1) is 10.2 Å². The Balaban J connectivity index is 1.41. The van der Waals surface area contributed by atoms with Crippen LogP contribution in [0.5, 0.6) is 11.5 Å². The summed E-state index contributed by atoms with van der Waals surface area (Å²) in [6.45, 7) is 0.199. The molecule has 2 aromatic carbocycles. The number of aromatic nitrogens is 3. The predicted octanol–water partition coefficient (Wildman–Crippen LogP) is 3.11. The monoisotopic (exact) mass is 367 g/mol. The van der Waals surface area contributed by atoms with Crippen molar-refractivity contribution >= 4 is 17.5 Å². The number of carbonyl (C=O) groups is 1. The van der Waals surface area contributed by atoms with Crippen LogP contribution in [0.2, 0.25) is 0 Å². The first-order chi connectivity index (χ1) is 12.7. The molecule has 6 nitrogen and oxygen atoms in total. The van der Waals surface area contributed by atoms with E-state index in [1.165, 1.54) is 17.3 Å². The molecule has 0 saturated carbocycles. The third-order valence-electron chi connectivity index (χ3n) is 4.16. The van der Waals surface area contributed by atoms with Gasteiger partial charge in [0.2, 0.25) is 6.79 Å². The van der Waals surface area contributed by atoms with Gasteiger partial charge in [0.05, 0.1) is 5.75 Å². The Hall–Kier alpha value is -2.80. The van der Waals surface area contributed by atoms with Gasteiger partial charge in [0.25, 0.3) is 0 Å². The maximum Gasteiger partial charge on any atom is 0.231 e. The van der Waals surface area contributed by atoms with Crippen LogP contribution in [0.1, 0.15) is 21.7 Å². The van der Waals surface area contributed by atoms with E-state index in [2.05, 4.69) is 22.3 Å². The van der Waals surface area contributed by atoms with Crippen LogP contribution in [0.4, 0.5) is 0 Å². The molecule has 1 aliphatic rings. The van der Waals surface area contributed by atoms with Crippen molar-refractivity contribution in [3.63, 3.8) is 0 Å². The number of rotatable bonds is 6. The first-order valence-corrected chi connectivity index (χ1v) is 9.17. The van der Waals surface area contributed by atoms with E-state index in [1.807, 2.05) is 29.8 Å². The van der Waals surface area contributed by atoms with E-state index in [0.717, 1.165) is 11.0 Å². The Bertz CT molecular complexity index is 940. The molecule has 26 heavy (non-hydrogen) atoms. The molecule has 0 radical (unpaired) electrons. The highest BCUT2D eigenvalue weighted by Crippen LogP contribution is 2.33. The van der Waals surface area contributed by atoms with Gasteiger partial charge < -0.3 is 14.0 Å². The molecule has 3 aromatic rings. The fraction of sp³-hybridized carbons (Fsp3) is 0.211. The molecule has 132 valence electrons. The molecule has 0 spiro atoms. The van der Waals surface area contributed by atoms with Crippen LogP contribution in [0.15, 0.2) is 53.7 Å². The summed E-state index contributed by atoms with van der Waals surface area (Å²) in [5, 5.41) is 9.19. The second-order valence-corrected chi connectivity index (χ2v) is 6.84. The zero-order chi connectivity index (χ0) is 17.9. The average Bonchev–Trinajstić information content (AvgIpc) is 3.27. The molecule has 0 aliphatic carbocycles. The van der Waals surface area contributed by atoms with Crippen molar-refractivity contribution in [2.45, 2.75) is 11.6 Å². The predicted molar refractivity (Wildman–Crippen MR) is 97.9 cm³/mol. The summed E-state index contributed by atoms with van der Waals surface area (Å²) in [6.07, 6.45) is 0.709. The van der Waals surface area contributed by atoms with E-state index in [9.17, 15) is 4.79 Å². The fourth-order valence-corrected chi connectivity index (χ4v) is 3.51. The highest BCUT2D eigenvalue weighted by Gasteiger charge is 2.17.